The minimum Gasteiger partial charge on any atom is -0.461 e. The average molecular weight is 637 g/mol. The third-order valence-electron chi connectivity index (χ3n) is 11.3. The summed E-state index contributed by atoms with van der Waals surface area (Å²) in [5.41, 5.74) is 3.35. The van der Waals surface area contributed by atoms with Crippen LogP contribution in [0, 0.1) is 0 Å². The zero-order valence-corrected chi connectivity index (χ0v) is 27.4. The lowest BCUT2D eigenvalue weighted by molar-refractivity contribution is -0.00188. The summed E-state index contributed by atoms with van der Waals surface area (Å²) in [5.74, 6) is -1.87. The monoisotopic (exact) mass is 636 g/mol. The Balaban J connectivity index is 1.10. The zero-order valence-electron chi connectivity index (χ0n) is 27.4. The molecule has 6 heterocycles. The number of anilines is 2. The number of hydrogen-bond donors (Lipinski definition) is 0. The smallest absolute Gasteiger partial charge is 0.410 e. The highest BCUT2D eigenvalue weighted by atomic mass is 19.3. The van der Waals surface area contributed by atoms with E-state index in [1.54, 1.807) is 12.1 Å². The molecule has 1 aromatic heterocycles. The van der Waals surface area contributed by atoms with Crippen LogP contribution in [0.4, 0.5) is 25.1 Å². The number of ether oxygens (including phenoxy) is 2. The summed E-state index contributed by atoms with van der Waals surface area (Å²) in [6.45, 7) is 11.1. The van der Waals surface area contributed by atoms with Crippen molar-refractivity contribution < 1.29 is 23.0 Å². The second kappa shape index (κ2) is 10.9. The van der Waals surface area contributed by atoms with Crippen molar-refractivity contribution in [3.8, 4) is 6.01 Å². The Labute approximate surface area is 270 Å². The lowest BCUT2D eigenvalue weighted by atomic mass is 9.95. The molecule has 1 amide bonds. The van der Waals surface area contributed by atoms with Crippen LogP contribution < -0.4 is 14.5 Å². The summed E-state index contributed by atoms with van der Waals surface area (Å²) in [6, 6.07) is 5.83. The summed E-state index contributed by atoms with van der Waals surface area (Å²) >= 11 is 0. The first-order valence-corrected chi connectivity index (χ1v) is 17.3. The number of carbonyl (C=O) groups excluding carboxylic acids is 1. The molecular weight excluding hydrogens is 590 g/mol. The maximum atomic E-state index is 14.7. The molecule has 0 unspecified atom stereocenters. The van der Waals surface area contributed by atoms with Gasteiger partial charge in [-0.05, 0) is 96.9 Å². The fourth-order valence-electron chi connectivity index (χ4n) is 9.16. The van der Waals surface area contributed by atoms with Gasteiger partial charge >= 0.3 is 12.1 Å². The Hall–Kier alpha value is -3.21. The van der Waals surface area contributed by atoms with Crippen molar-refractivity contribution in [2.24, 2.45) is 0 Å². The Bertz CT molecular complexity index is 1500. The van der Waals surface area contributed by atoms with Gasteiger partial charge in [0.2, 0.25) is 0 Å². The molecule has 1 aliphatic carbocycles. The Morgan fingerprint density at radius 2 is 1.70 bits per heavy atom. The molecule has 6 aliphatic rings. The number of rotatable bonds is 5. The van der Waals surface area contributed by atoms with Crippen LogP contribution in [0.3, 0.4) is 0 Å². The van der Waals surface area contributed by atoms with Crippen molar-refractivity contribution >= 4 is 17.6 Å². The van der Waals surface area contributed by atoms with E-state index in [0.29, 0.717) is 51.6 Å². The minimum atomic E-state index is -2.77. The van der Waals surface area contributed by atoms with Crippen LogP contribution in [-0.2, 0) is 30.0 Å². The predicted molar refractivity (Wildman–Crippen MR) is 171 cm³/mol. The number of nitrogens with zero attached hydrogens (tertiary/aromatic N) is 6. The number of fused-ring (bicyclic) bond motifs is 5. The van der Waals surface area contributed by atoms with Gasteiger partial charge in [0.05, 0.1) is 29.9 Å². The van der Waals surface area contributed by atoms with Gasteiger partial charge in [0.15, 0.2) is 0 Å². The van der Waals surface area contributed by atoms with Gasteiger partial charge in [-0.3, -0.25) is 9.80 Å². The summed E-state index contributed by atoms with van der Waals surface area (Å²) in [5, 5.41) is 0. The fourth-order valence-corrected chi connectivity index (χ4v) is 9.16. The summed E-state index contributed by atoms with van der Waals surface area (Å²) in [7, 11) is 0. The van der Waals surface area contributed by atoms with E-state index in [4.69, 9.17) is 19.4 Å². The van der Waals surface area contributed by atoms with E-state index in [1.807, 2.05) is 31.7 Å². The highest BCUT2D eigenvalue weighted by Crippen LogP contribution is 2.46. The third-order valence-corrected chi connectivity index (χ3v) is 11.3. The second-order valence-corrected chi connectivity index (χ2v) is 15.3. The van der Waals surface area contributed by atoms with Crippen molar-refractivity contribution in [2.75, 3.05) is 49.1 Å². The molecule has 8 rings (SSSR count). The topological polar surface area (TPSA) is 74.3 Å². The van der Waals surface area contributed by atoms with Gasteiger partial charge in [0, 0.05) is 42.9 Å². The Morgan fingerprint density at radius 1 is 0.957 bits per heavy atom. The SMILES string of the molecule is CC(C)(C)OC(=O)N1[C@@H]2CC[C@H]1CN(c1nc(OCC34CCCN3CCC4)nc3c1CCN(c1cccc4c1CCC4(F)F)C3)C2. The van der Waals surface area contributed by atoms with E-state index in [0.717, 1.165) is 67.1 Å². The van der Waals surface area contributed by atoms with Crippen LogP contribution in [-0.4, -0.2) is 88.4 Å². The molecule has 0 saturated carbocycles. The molecular formula is C35H46F2N6O3. The quantitative estimate of drug-likeness (QED) is 0.416. The highest BCUT2D eigenvalue weighted by Gasteiger charge is 2.47. The van der Waals surface area contributed by atoms with Gasteiger partial charge in [-0.1, -0.05) is 12.1 Å². The lowest BCUT2D eigenvalue weighted by Crippen LogP contribution is -2.57. The van der Waals surface area contributed by atoms with Gasteiger partial charge in [-0.25, -0.2) is 13.6 Å². The molecule has 4 saturated heterocycles. The number of alkyl halides is 2. The molecule has 9 nitrogen and oxygen atoms in total. The molecule has 2 aromatic rings. The number of benzene rings is 1. The largest absolute Gasteiger partial charge is 0.461 e. The fraction of sp³-hybridized carbons (Fsp3) is 0.686. The molecule has 46 heavy (non-hydrogen) atoms. The number of amides is 1. The number of piperazine rings is 1. The van der Waals surface area contributed by atoms with Gasteiger partial charge < -0.3 is 19.3 Å². The van der Waals surface area contributed by atoms with E-state index in [-0.39, 0.29) is 35.7 Å². The van der Waals surface area contributed by atoms with Crippen LogP contribution >= 0.6 is 0 Å². The molecule has 11 heteroatoms. The summed E-state index contributed by atoms with van der Waals surface area (Å²) in [6.07, 6.45) is 7.27. The number of halogens is 2. The first kappa shape index (κ1) is 30.1. The van der Waals surface area contributed by atoms with Crippen molar-refractivity contribution in [3.63, 3.8) is 0 Å². The van der Waals surface area contributed by atoms with E-state index in [9.17, 15) is 13.6 Å². The first-order chi connectivity index (χ1) is 22.0. The lowest BCUT2D eigenvalue weighted by Gasteiger charge is -2.43. The molecule has 0 N–H and O–H groups in total. The van der Waals surface area contributed by atoms with Crippen molar-refractivity contribution in [3.05, 3.63) is 40.6 Å². The normalized spacial score (nSPS) is 26.2. The van der Waals surface area contributed by atoms with Crippen LogP contribution in [0.1, 0.15) is 88.1 Å². The minimum absolute atomic E-state index is 0.0571. The summed E-state index contributed by atoms with van der Waals surface area (Å²) < 4.78 is 41.7. The molecule has 1 aromatic carbocycles. The van der Waals surface area contributed by atoms with Crippen molar-refractivity contribution in [1.82, 2.24) is 19.8 Å². The Kier molecular flexibility index (Phi) is 7.16. The van der Waals surface area contributed by atoms with E-state index < -0.39 is 11.5 Å². The highest BCUT2D eigenvalue weighted by molar-refractivity contribution is 5.70. The van der Waals surface area contributed by atoms with Crippen molar-refractivity contribution in [2.45, 2.75) is 114 Å². The molecule has 2 bridgehead atoms. The number of carbonyl (C=O) groups is 1. The maximum Gasteiger partial charge on any atom is 0.410 e. The maximum absolute atomic E-state index is 14.7. The predicted octanol–water partition coefficient (Wildman–Crippen LogP) is 5.67. The summed E-state index contributed by atoms with van der Waals surface area (Å²) in [4.78, 5) is 32.4. The van der Waals surface area contributed by atoms with E-state index in [2.05, 4.69) is 14.7 Å². The average Bonchev–Trinajstić information content (AvgIpc) is 3.74. The number of aromatic nitrogens is 2. The van der Waals surface area contributed by atoms with Crippen LogP contribution in [0.25, 0.3) is 0 Å². The van der Waals surface area contributed by atoms with Gasteiger partial charge in [-0.2, -0.15) is 9.97 Å². The van der Waals surface area contributed by atoms with Gasteiger partial charge in [0.1, 0.15) is 18.0 Å². The molecule has 5 aliphatic heterocycles. The molecule has 4 fully saturated rings. The van der Waals surface area contributed by atoms with E-state index >= 15 is 0 Å². The van der Waals surface area contributed by atoms with E-state index in [1.165, 1.54) is 12.8 Å². The molecule has 0 spiro atoms. The van der Waals surface area contributed by atoms with Crippen LogP contribution in [0.15, 0.2) is 18.2 Å². The third kappa shape index (κ3) is 5.17. The second-order valence-electron chi connectivity index (χ2n) is 15.3. The zero-order chi connectivity index (χ0) is 31.8. The number of hydrogen-bond acceptors (Lipinski definition) is 8. The van der Waals surface area contributed by atoms with Gasteiger partial charge in [-0.15, -0.1) is 0 Å². The molecule has 0 radical (unpaired) electrons. The standard InChI is InChI=1S/C35H46F2N6O3/c1-33(2,3)46-32(44)43-23-9-10-24(43)20-41(19-23)30-26-12-18-40(29-8-4-7-27-25(29)11-15-35(27,36)37)21-28(26)38-31(39-30)45-22-34-13-5-16-42(34)17-6-14-34/h4,7-8,23-24H,5-6,9-22H2,1-3H3/t23-,24+. The molecule has 248 valence electrons. The van der Waals surface area contributed by atoms with Crippen LogP contribution in [0.2, 0.25) is 0 Å². The first-order valence-electron chi connectivity index (χ1n) is 17.3. The molecule has 2 atom stereocenters. The van der Waals surface area contributed by atoms with Crippen molar-refractivity contribution in [1.29, 1.82) is 0 Å². The van der Waals surface area contributed by atoms with Gasteiger partial charge in [0.25, 0.3) is 5.92 Å². The Morgan fingerprint density at radius 3 is 2.41 bits per heavy atom. The van der Waals surface area contributed by atoms with Crippen LogP contribution in [0.5, 0.6) is 6.01 Å².